The van der Waals surface area contributed by atoms with Crippen molar-refractivity contribution in [3.05, 3.63) is 83.3 Å². The lowest BCUT2D eigenvalue weighted by molar-refractivity contribution is 0.0972. The summed E-state index contributed by atoms with van der Waals surface area (Å²) >= 11 is 0. The molecule has 4 N–H and O–H groups in total. The predicted molar refractivity (Wildman–Crippen MR) is 117 cm³/mol. The number of guanidine groups is 1. The average Bonchev–Trinajstić information content (AvgIpc) is 3.21. The normalized spacial score (nSPS) is 11.2. The first-order chi connectivity index (χ1) is 14.5. The number of ether oxygens (including phenoxy) is 1. The lowest BCUT2D eigenvalue weighted by atomic mass is 10.1. The number of carbonyl (C=O) groups excluding carboxylic acids is 1. The smallest absolute Gasteiger partial charge is 0.284 e. The number of para-hydroxylation sites is 1. The molecule has 0 saturated heterocycles. The van der Waals surface area contributed by atoms with Crippen LogP contribution < -0.4 is 21.1 Å². The predicted octanol–water partition coefficient (Wildman–Crippen LogP) is 3.73. The molecule has 30 heavy (non-hydrogen) atoms. The Labute approximate surface area is 176 Å². The number of nitrogens with one attached hydrogen (secondary N) is 2. The van der Waals surface area contributed by atoms with Crippen molar-refractivity contribution in [3.8, 4) is 11.5 Å². The van der Waals surface area contributed by atoms with Gasteiger partial charge in [0.2, 0.25) is 0 Å². The minimum absolute atomic E-state index is 0.135. The molecule has 0 unspecified atom stereocenters. The summed E-state index contributed by atoms with van der Waals surface area (Å²) in [7, 11) is 0. The van der Waals surface area contributed by atoms with Gasteiger partial charge in [0.1, 0.15) is 17.3 Å². The van der Waals surface area contributed by atoms with Crippen LogP contribution in [-0.2, 0) is 13.1 Å². The molecule has 3 rings (SSSR count). The van der Waals surface area contributed by atoms with Crippen LogP contribution in [0.1, 0.15) is 34.4 Å². The molecule has 3 aromatic rings. The SMILES string of the molecule is CCNC(=NCc1ccc(C)cc1Oc1ccccc1)NCc1ccc(C(N)=O)o1. The summed E-state index contributed by atoms with van der Waals surface area (Å²) in [4.78, 5) is 15.8. The van der Waals surface area contributed by atoms with Gasteiger partial charge in [0, 0.05) is 12.1 Å². The van der Waals surface area contributed by atoms with Gasteiger partial charge in [0.25, 0.3) is 5.91 Å². The van der Waals surface area contributed by atoms with Crippen LogP contribution in [0.15, 0.2) is 70.1 Å². The van der Waals surface area contributed by atoms with Crippen LogP contribution in [-0.4, -0.2) is 18.4 Å². The van der Waals surface area contributed by atoms with Crippen LogP contribution in [0.5, 0.6) is 11.5 Å². The van der Waals surface area contributed by atoms with Crippen molar-refractivity contribution in [1.82, 2.24) is 10.6 Å². The van der Waals surface area contributed by atoms with E-state index in [4.69, 9.17) is 14.9 Å². The van der Waals surface area contributed by atoms with E-state index in [-0.39, 0.29) is 5.76 Å². The van der Waals surface area contributed by atoms with E-state index in [0.29, 0.717) is 31.4 Å². The molecule has 0 atom stereocenters. The number of benzene rings is 2. The van der Waals surface area contributed by atoms with E-state index < -0.39 is 5.91 Å². The van der Waals surface area contributed by atoms with Gasteiger partial charge in [-0.15, -0.1) is 0 Å². The standard InChI is InChI=1S/C23H26N4O3/c1-3-25-23(27-15-19-11-12-20(30-19)22(24)28)26-14-17-10-9-16(2)13-21(17)29-18-7-5-4-6-8-18/h4-13H,3,14-15H2,1-2H3,(H2,24,28)(H2,25,26,27). The third kappa shape index (κ3) is 5.88. The van der Waals surface area contributed by atoms with Crippen LogP contribution in [0, 0.1) is 6.92 Å². The maximum absolute atomic E-state index is 11.2. The zero-order chi connectivity index (χ0) is 21.3. The highest BCUT2D eigenvalue weighted by atomic mass is 16.5. The fourth-order valence-electron chi connectivity index (χ4n) is 2.79. The molecule has 0 radical (unpaired) electrons. The Bertz CT molecular complexity index is 1010. The number of carbonyl (C=O) groups is 1. The highest BCUT2D eigenvalue weighted by molar-refractivity contribution is 5.89. The minimum atomic E-state index is -0.591. The topological polar surface area (TPSA) is 102 Å². The second-order valence-electron chi connectivity index (χ2n) is 6.71. The Balaban J connectivity index is 1.71. The fraction of sp³-hybridized carbons (Fsp3) is 0.217. The van der Waals surface area contributed by atoms with Gasteiger partial charge >= 0.3 is 0 Å². The van der Waals surface area contributed by atoms with E-state index in [1.54, 1.807) is 12.1 Å². The monoisotopic (exact) mass is 406 g/mol. The molecule has 0 spiro atoms. The van der Waals surface area contributed by atoms with E-state index in [1.807, 2.05) is 62.4 Å². The fourth-order valence-corrected chi connectivity index (χ4v) is 2.79. The van der Waals surface area contributed by atoms with Crippen LogP contribution in [0.3, 0.4) is 0 Å². The first-order valence-corrected chi connectivity index (χ1v) is 9.78. The van der Waals surface area contributed by atoms with Crippen LogP contribution >= 0.6 is 0 Å². The van der Waals surface area contributed by atoms with Gasteiger partial charge in [0.15, 0.2) is 11.7 Å². The first kappa shape index (κ1) is 21.0. The van der Waals surface area contributed by atoms with Gasteiger partial charge < -0.3 is 25.5 Å². The van der Waals surface area contributed by atoms with Crippen molar-refractivity contribution in [2.24, 2.45) is 10.7 Å². The highest BCUT2D eigenvalue weighted by Gasteiger charge is 2.09. The van der Waals surface area contributed by atoms with Gasteiger partial charge in [-0.3, -0.25) is 4.79 Å². The molecule has 156 valence electrons. The molecular weight excluding hydrogens is 380 g/mol. The Hall–Kier alpha value is -3.74. The van der Waals surface area contributed by atoms with Crippen molar-refractivity contribution in [3.63, 3.8) is 0 Å². The molecule has 7 heteroatoms. The zero-order valence-electron chi connectivity index (χ0n) is 17.1. The summed E-state index contributed by atoms with van der Waals surface area (Å²) in [5, 5.41) is 6.39. The van der Waals surface area contributed by atoms with Gasteiger partial charge in [-0.1, -0.05) is 30.3 Å². The molecule has 0 aliphatic rings. The average molecular weight is 406 g/mol. The number of nitrogens with zero attached hydrogens (tertiary/aromatic N) is 1. The van der Waals surface area contributed by atoms with Crippen LogP contribution in [0.25, 0.3) is 0 Å². The van der Waals surface area contributed by atoms with Gasteiger partial charge in [0.05, 0.1) is 13.1 Å². The lowest BCUT2D eigenvalue weighted by Crippen LogP contribution is -2.36. The molecule has 0 aliphatic carbocycles. The summed E-state index contributed by atoms with van der Waals surface area (Å²) < 4.78 is 11.5. The number of primary amides is 1. The Morgan fingerprint density at radius 3 is 2.60 bits per heavy atom. The number of nitrogens with two attached hydrogens (primary N) is 1. The number of furan rings is 1. The zero-order valence-corrected chi connectivity index (χ0v) is 17.1. The molecule has 0 saturated carbocycles. The highest BCUT2D eigenvalue weighted by Crippen LogP contribution is 2.27. The molecule has 7 nitrogen and oxygen atoms in total. The van der Waals surface area contributed by atoms with Crippen molar-refractivity contribution < 1.29 is 13.9 Å². The summed E-state index contributed by atoms with van der Waals surface area (Å²) in [5.41, 5.74) is 7.30. The van der Waals surface area contributed by atoms with E-state index >= 15 is 0 Å². The molecule has 0 bridgehead atoms. The molecule has 1 heterocycles. The quantitative estimate of drug-likeness (QED) is 0.391. The molecule has 1 amide bonds. The Morgan fingerprint density at radius 2 is 1.90 bits per heavy atom. The van der Waals surface area contributed by atoms with Crippen molar-refractivity contribution in [2.75, 3.05) is 6.54 Å². The van der Waals surface area contributed by atoms with Crippen molar-refractivity contribution in [1.29, 1.82) is 0 Å². The lowest BCUT2D eigenvalue weighted by Gasteiger charge is -2.13. The number of rotatable bonds is 8. The van der Waals surface area contributed by atoms with Crippen molar-refractivity contribution in [2.45, 2.75) is 26.9 Å². The third-order valence-electron chi connectivity index (χ3n) is 4.28. The van der Waals surface area contributed by atoms with E-state index in [1.165, 1.54) is 0 Å². The number of hydrogen-bond acceptors (Lipinski definition) is 4. The molecule has 1 aromatic heterocycles. The largest absolute Gasteiger partial charge is 0.457 e. The second kappa shape index (κ2) is 10.2. The number of aryl methyl sites for hydroxylation is 1. The van der Waals surface area contributed by atoms with Crippen LogP contribution in [0.2, 0.25) is 0 Å². The van der Waals surface area contributed by atoms with Gasteiger partial charge in [-0.05, 0) is 49.7 Å². The Kier molecular flexibility index (Phi) is 7.10. The number of amides is 1. The molecule has 2 aromatic carbocycles. The van der Waals surface area contributed by atoms with E-state index in [2.05, 4.69) is 15.6 Å². The van der Waals surface area contributed by atoms with Crippen molar-refractivity contribution >= 4 is 11.9 Å². The first-order valence-electron chi connectivity index (χ1n) is 9.78. The minimum Gasteiger partial charge on any atom is -0.457 e. The van der Waals surface area contributed by atoms with E-state index in [0.717, 1.165) is 22.6 Å². The van der Waals surface area contributed by atoms with E-state index in [9.17, 15) is 4.79 Å². The molecular formula is C23H26N4O3. The third-order valence-corrected chi connectivity index (χ3v) is 4.28. The Morgan fingerprint density at radius 1 is 1.10 bits per heavy atom. The molecule has 0 fully saturated rings. The second-order valence-corrected chi connectivity index (χ2v) is 6.71. The van der Waals surface area contributed by atoms with Gasteiger partial charge in [-0.2, -0.15) is 0 Å². The molecule has 0 aliphatic heterocycles. The number of aliphatic imine (C=N–C) groups is 1. The maximum atomic E-state index is 11.2. The summed E-state index contributed by atoms with van der Waals surface area (Å²) in [6, 6.07) is 19.0. The summed E-state index contributed by atoms with van der Waals surface area (Å²) in [6.45, 7) is 5.53. The number of hydrogen-bond donors (Lipinski definition) is 3. The van der Waals surface area contributed by atoms with Crippen LogP contribution in [0.4, 0.5) is 0 Å². The van der Waals surface area contributed by atoms with Gasteiger partial charge in [-0.25, -0.2) is 4.99 Å². The summed E-state index contributed by atoms with van der Waals surface area (Å²) in [5.74, 6) is 2.32. The summed E-state index contributed by atoms with van der Waals surface area (Å²) in [6.07, 6.45) is 0. The maximum Gasteiger partial charge on any atom is 0.284 e.